The molecule has 0 aromatic carbocycles. The third-order valence-electron chi connectivity index (χ3n) is 1.06. The first-order valence-corrected chi connectivity index (χ1v) is 3.90. The summed E-state index contributed by atoms with van der Waals surface area (Å²) >= 11 is 0. The molecule has 68 valence electrons. The van der Waals surface area contributed by atoms with Crippen molar-refractivity contribution >= 4 is 0 Å². The first kappa shape index (κ1) is 10.8. The third-order valence-corrected chi connectivity index (χ3v) is 1.06. The zero-order chi connectivity index (χ0) is 8.36. The highest BCUT2D eigenvalue weighted by Crippen LogP contribution is 1.81. The van der Waals surface area contributed by atoms with Crippen LogP contribution in [0.25, 0.3) is 0 Å². The predicted molar refractivity (Wildman–Crippen MR) is 41.0 cm³/mol. The molecule has 11 heavy (non-hydrogen) atoms. The lowest BCUT2D eigenvalue weighted by Crippen LogP contribution is -2.13. The standard InChI is InChI=1S/C7H16FNO2/c1-2-4-10-6-7-11-5-3-9-8/h9H,2-7H2,1H3. The highest BCUT2D eigenvalue weighted by atomic mass is 19.2. The molecule has 0 bridgehead atoms. The molecule has 0 amide bonds. The van der Waals surface area contributed by atoms with Crippen molar-refractivity contribution in [1.29, 1.82) is 0 Å². The number of ether oxygens (including phenoxy) is 2. The summed E-state index contributed by atoms with van der Waals surface area (Å²) < 4.78 is 21.4. The van der Waals surface area contributed by atoms with Gasteiger partial charge < -0.3 is 9.47 Å². The van der Waals surface area contributed by atoms with E-state index in [2.05, 4.69) is 0 Å². The van der Waals surface area contributed by atoms with Crippen molar-refractivity contribution in [3.05, 3.63) is 0 Å². The molecule has 0 aliphatic heterocycles. The van der Waals surface area contributed by atoms with E-state index in [1.807, 2.05) is 6.92 Å². The largest absolute Gasteiger partial charge is 0.379 e. The molecule has 0 saturated carbocycles. The van der Waals surface area contributed by atoms with E-state index >= 15 is 0 Å². The molecule has 0 rings (SSSR count). The fourth-order valence-electron chi connectivity index (χ4n) is 0.577. The van der Waals surface area contributed by atoms with Gasteiger partial charge in [0.15, 0.2) is 0 Å². The third kappa shape index (κ3) is 9.81. The van der Waals surface area contributed by atoms with Gasteiger partial charge in [-0.3, -0.25) is 0 Å². The van der Waals surface area contributed by atoms with Crippen LogP contribution in [-0.2, 0) is 9.47 Å². The fourth-order valence-corrected chi connectivity index (χ4v) is 0.577. The Balaban J connectivity index is 2.69. The second-order valence-electron chi connectivity index (χ2n) is 2.11. The molecule has 0 saturated heterocycles. The first-order chi connectivity index (χ1) is 5.41. The molecule has 0 fully saturated rings. The van der Waals surface area contributed by atoms with Crippen LogP contribution in [0.2, 0.25) is 0 Å². The topological polar surface area (TPSA) is 30.5 Å². The fraction of sp³-hybridized carbons (Fsp3) is 1.00. The van der Waals surface area contributed by atoms with Gasteiger partial charge in [0.05, 0.1) is 19.8 Å². The van der Waals surface area contributed by atoms with Crippen LogP contribution in [0.15, 0.2) is 0 Å². The lowest BCUT2D eigenvalue weighted by molar-refractivity contribution is 0.0451. The Morgan fingerprint density at radius 1 is 1.09 bits per heavy atom. The second kappa shape index (κ2) is 9.81. The lowest BCUT2D eigenvalue weighted by atomic mass is 10.5. The quantitative estimate of drug-likeness (QED) is 0.428. The van der Waals surface area contributed by atoms with Crippen LogP contribution in [0.5, 0.6) is 0 Å². The lowest BCUT2D eigenvalue weighted by Gasteiger charge is -2.02. The van der Waals surface area contributed by atoms with Crippen molar-refractivity contribution in [1.82, 2.24) is 5.54 Å². The Hall–Kier alpha value is -0.190. The van der Waals surface area contributed by atoms with E-state index < -0.39 is 0 Å². The SMILES string of the molecule is CCCOCCOCCNF. The van der Waals surface area contributed by atoms with Gasteiger partial charge in [0.2, 0.25) is 0 Å². The number of halogens is 1. The van der Waals surface area contributed by atoms with Gasteiger partial charge in [0, 0.05) is 13.2 Å². The number of hydrogen-bond acceptors (Lipinski definition) is 3. The van der Waals surface area contributed by atoms with Crippen LogP contribution < -0.4 is 5.54 Å². The van der Waals surface area contributed by atoms with Gasteiger partial charge >= 0.3 is 0 Å². The molecule has 0 radical (unpaired) electrons. The summed E-state index contributed by atoms with van der Waals surface area (Å²) in [6.45, 7) is 4.60. The van der Waals surface area contributed by atoms with Crippen molar-refractivity contribution in [2.45, 2.75) is 13.3 Å². The maximum atomic E-state index is 11.3. The molecule has 0 aliphatic rings. The summed E-state index contributed by atoms with van der Waals surface area (Å²) in [6.07, 6.45) is 1.02. The summed E-state index contributed by atoms with van der Waals surface area (Å²) in [4.78, 5) is 0. The second-order valence-corrected chi connectivity index (χ2v) is 2.11. The molecule has 0 aliphatic carbocycles. The molecule has 1 N–H and O–H groups in total. The van der Waals surface area contributed by atoms with E-state index in [-0.39, 0.29) is 6.54 Å². The number of rotatable bonds is 8. The van der Waals surface area contributed by atoms with E-state index in [0.29, 0.717) is 19.8 Å². The van der Waals surface area contributed by atoms with Gasteiger partial charge in [-0.15, -0.1) is 4.48 Å². The van der Waals surface area contributed by atoms with Crippen molar-refractivity contribution in [3.8, 4) is 0 Å². The van der Waals surface area contributed by atoms with Crippen LogP contribution in [0.4, 0.5) is 4.48 Å². The Morgan fingerprint density at radius 3 is 2.27 bits per heavy atom. The van der Waals surface area contributed by atoms with E-state index in [1.54, 1.807) is 0 Å². The van der Waals surface area contributed by atoms with Crippen molar-refractivity contribution in [2.75, 3.05) is 33.0 Å². The van der Waals surface area contributed by atoms with E-state index in [4.69, 9.17) is 9.47 Å². The minimum atomic E-state index is 0.244. The van der Waals surface area contributed by atoms with E-state index in [0.717, 1.165) is 13.0 Å². The number of nitrogens with one attached hydrogen (secondary N) is 1. The van der Waals surface area contributed by atoms with Crippen molar-refractivity contribution in [3.63, 3.8) is 0 Å². The van der Waals surface area contributed by atoms with Crippen LogP contribution in [0, 0.1) is 0 Å². The molecular formula is C7H16FNO2. The summed E-state index contributed by atoms with van der Waals surface area (Å²) in [7, 11) is 0. The minimum Gasteiger partial charge on any atom is -0.379 e. The zero-order valence-corrected chi connectivity index (χ0v) is 6.94. The number of hydrogen-bond donors (Lipinski definition) is 1. The normalized spacial score (nSPS) is 10.4. The smallest absolute Gasteiger partial charge is 0.0701 e. The monoisotopic (exact) mass is 165 g/mol. The summed E-state index contributed by atoms with van der Waals surface area (Å²) in [5.74, 6) is 0. The van der Waals surface area contributed by atoms with Gasteiger partial charge in [0.1, 0.15) is 0 Å². The van der Waals surface area contributed by atoms with E-state index in [9.17, 15) is 4.48 Å². The van der Waals surface area contributed by atoms with Crippen LogP contribution in [0.1, 0.15) is 13.3 Å². The van der Waals surface area contributed by atoms with Gasteiger partial charge in [-0.25, -0.2) is 0 Å². The Bertz CT molecular complexity index is 65.5. The molecular weight excluding hydrogens is 149 g/mol. The van der Waals surface area contributed by atoms with Gasteiger partial charge in [-0.1, -0.05) is 6.92 Å². The highest BCUT2D eigenvalue weighted by Gasteiger charge is 1.87. The van der Waals surface area contributed by atoms with Crippen molar-refractivity contribution < 1.29 is 14.0 Å². The molecule has 4 heteroatoms. The van der Waals surface area contributed by atoms with Gasteiger partial charge in [-0.2, -0.15) is 5.54 Å². The summed E-state index contributed by atoms with van der Waals surface area (Å²) in [5, 5.41) is 0. The molecule has 0 unspecified atom stereocenters. The van der Waals surface area contributed by atoms with Gasteiger partial charge in [0.25, 0.3) is 0 Å². The Labute approximate surface area is 66.8 Å². The Morgan fingerprint density at radius 2 is 1.73 bits per heavy atom. The molecule has 0 aromatic heterocycles. The molecule has 0 heterocycles. The van der Waals surface area contributed by atoms with Crippen LogP contribution in [0.3, 0.4) is 0 Å². The van der Waals surface area contributed by atoms with E-state index in [1.165, 1.54) is 5.54 Å². The van der Waals surface area contributed by atoms with Gasteiger partial charge in [-0.05, 0) is 6.42 Å². The predicted octanol–water partition coefficient (Wildman–Crippen LogP) is 0.904. The average Bonchev–Trinajstić information content (AvgIpc) is 2.03. The molecule has 0 spiro atoms. The maximum absolute atomic E-state index is 11.3. The molecule has 0 aromatic rings. The average molecular weight is 165 g/mol. The Kier molecular flexibility index (Phi) is 9.64. The van der Waals surface area contributed by atoms with Crippen LogP contribution >= 0.6 is 0 Å². The first-order valence-electron chi connectivity index (χ1n) is 3.90. The summed E-state index contributed by atoms with van der Waals surface area (Å²) in [6, 6.07) is 0. The molecule has 0 atom stereocenters. The van der Waals surface area contributed by atoms with Crippen LogP contribution in [-0.4, -0.2) is 33.0 Å². The highest BCUT2D eigenvalue weighted by molar-refractivity contribution is 4.33. The summed E-state index contributed by atoms with van der Waals surface area (Å²) in [5.41, 5.74) is 1.50. The zero-order valence-electron chi connectivity index (χ0n) is 6.94. The maximum Gasteiger partial charge on any atom is 0.0701 e. The van der Waals surface area contributed by atoms with Crippen molar-refractivity contribution in [2.24, 2.45) is 0 Å². The molecule has 3 nitrogen and oxygen atoms in total. The minimum absolute atomic E-state index is 0.244.